The van der Waals surface area contributed by atoms with Gasteiger partial charge in [0.15, 0.2) is 0 Å². The number of carboxylic acids is 1. The van der Waals surface area contributed by atoms with Gasteiger partial charge in [-0.15, -0.1) is 0 Å². The normalized spacial score (nSPS) is 17.4. The second kappa shape index (κ2) is 5.91. The van der Waals surface area contributed by atoms with Crippen molar-refractivity contribution in [3.8, 4) is 0 Å². The van der Waals surface area contributed by atoms with Crippen molar-refractivity contribution >= 4 is 29.3 Å². The summed E-state index contributed by atoms with van der Waals surface area (Å²) >= 11 is 5.99. The van der Waals surface area contributed by atoms with E-state index >= 15 is 0 Å². The lowest BCUT2D eigenvalue weighted by Crippen LogP contribution is -2.51. The topological polar surface area (TPSA) is 78.9 Å². The van der Waals surface area contributed by atoms with Gasteiger partial charge in [-0.25, -0.2) is 9.59 Å². The highest BCUT2D eigenvalue weighted by atomic mass is 35.5. The number of ether oxygens (including phenoxy) is 1. The molecule has 0 unspecified atom stereocenters. The third-order valence-electron chi connectivity index (χ3n) is 3.17. The van der Waals surface area contributed by atoms with Gasteiger partial charge in [-0.2, -0.15) is 0 Å². The van der Waals surface area contributed by atoms with Gasteiger partial charge < -0.3 is 20.1 Å². The lowest BCUT2D eigenvalue weighted by Gasteiger charge is -2.38. The molecule has 6 nitrogen and oxygen atoms in total. The summed E-state index contributed by atoms with van der Waals surface area (Å²) in [6.07, 6.45) is 0. The van der Waals surface area contributed by atoms with Gasteiger partial charge >= 0.3 is 12.0 Å². The van der Waals surface area contributed by atoms with E-state index in [1.54, 1.807) is 4.90 Å². The van der Waals surface area contributed by atoms with E-state index in [1.165, 1.54) is 18.2 Å². The number of anilines is 1. The van der Waals surface area contributed by atoms with E-state index in [0.717, 1.165) is 0 Å². The van der Waals surface area contributed by atoms with Crippen LogP contribution in [0.5, 0.6) is 0 Å². The second-order valence-corrected chi connectivity index (χ2v) is 5.87. The Bertz CT molecular complexity index is 574. The predicted octanol–water partition coefficient (Wildman–Crippen LogP) is 2.68. The number of nitrogens with one attached hydrogen (secondary N) is 1. The molecule has 2 amide bonds. The largest absolute Gasteiger partial charge is 0.478 e. The van der Waals surface area contributed by atoms with Crippen LogP contribution in [0.1, 0.15) is 24.2 Å². The molecule has 7 heteroatoms. The maximum absolute atomic E-state index is 12.2. The summed E-state index contributed by atoms with van der Waals surface area (Å²) in [5.41, 5.74) is -0.0506. The number of hydrogen-bond donors (Lipinski definition) is 2. The van der Waals surface area contributed by atoms with E-state index in [2.05, 4.69) is 5.32 Å². The zero-order chi connectivity index (χ0) is 15.6. The molecule has 21 heavy (non-hydrogen) atoms. The minimum absolute atomic E-state index is 0.0667. The Labute approximate surface area is 127 Å². The van der Waals surface area contributed by atoms with Crippen LogP contribution in [0.3, 0.4) is 0 Å². The van der Waals surface area contributed by atoms with Crippen molar-refractivity contribution in [2.75, 3.05) is 25.0 Å². The number of urea groups is 1. The number of aromatic carboxylic acids is 1. The predicted molar refractivity (Wildman–Crippen MR) is 79.0 cm³/mol. The van der Waals surface area contributed by atoms with Crippen molar-refractivity contribution in [3.63, 3.8) is 0 Å². The number of hydrogen-bond acceptors (Lipinski definition) is 3. The molecular formula is C14H17ClN2O4. The Hall–Kier alpha value is -1.79. The van der Waals surface area contributed by atoms with Crippen molar-refractivity contribution in [1.82, 2.24) is 4.90 Å². The maximum Gasteiger partial charge on any atom is 0.335 e. The van der Waals surface area contributed by atoms with Crippen LogP contribution in [0.4, 0.5) is 10.5 Å². The van der Waals surface area contributed by atoms with E-state index in [1.807, 2.05) is 13.8 Å². The van der Waals surface area contributed by atoms with Crippen LogP contribution in [-0.4, -0.2) is 47.3 Å². The molecule has 0 bridgehead atoms. The molecule has 0 radical (unpaired) electrons. The highest BCUT2D eigenvalue weighted by Gasteiger charge is 2.30. The second-order valence-electron chi connectivity index (χ2n) is 5.46. The number of amides is 2. The van der Waals surface area contributed by atoms with E-state index in [-0.39, 0.29) is 17.3 Å². The van der Waals surface area contributed by atoms with Gasteiger partial charge in [0, 0.05) is 6.54 Å². The molecule has 2 rings (SSSR count). The number of carboxylic acid groups (broad SMARTS) is 1. The molecule has 1 aliphatic heterocycles. The summed E-state index contributed by atoms with van der Waals surface area (Å²) in [4.78, 5) is 24.8. The first-order chi connectivity index (χ1) is 9.78. The van der Waals surface area contributed by atoms with Gasteiger partial charge in [-0.05, 0) is 32.0 Å². The lowest BCUT2D eigenvalue weighted by molar-refractivity contribution is -0.0720. The van der Waals surface area contributed by atoms with Crippen LogP contribution in [0, 0.1) is 0 Å². The Balaban J connectivity index is 2.12. The van der Waals surface area contributed by atoms with E-state index in [9.17, 15) is 9.59 Å². The molecule has 0 atom stereocenters. The molecule has 1 heterocycles. The van der Waals surface area contributed by atoms with Crippen molar-refractivity contribution in [2.24, 2.45) is 0 Å². The Morgan fingerprint density at radius 2 is 2.14 bits per heavy atom. The van der Waals surface area contributed by atoms with Gasteiger partial charge in [-0.3, -0.25) is 0 Å². The SMILES string of the molecule is CC1(C)CN(C(=O)Nc2cc(C(=O)O)ccc2Cl)CCO1. The molecule has 0 aliphatic carbocycles. The standard InChI is InChI=1S/C14H17ClN2O4/c1-14(2)8-17(5-6-21-14)13(20)16-11-7-9(12(18)19)3-4-10(11)15/h3-4,7H,5-6,8H2,1-2H3,(H,16,20)(H,18,19). The average molecular weight is 313 g/mol. The molecule has 1 aliphatic rings. The van der Waals surface area contributed by atoms with Crippen molar-refractivity contribution in [1.29, 1.82) is 0 Å². The Kier molecular flexibility index (Phi) is 4.39. The highest BCUT2D eigenvalue weighted by Crippen LogP contribution is 2.24. The summed E-state index contributed by atoms with van der Waals surface area (Å²) in [7, 11) is 0. The van der Waals surface area contributed by atoms with Gasteiger partial charge in [0.1, 0.15) is 0 Å². The number of carbonyl (C=O) groups excluding carboxylic acids is 1. The quantitative estimate of drug-likeness (QED) is 0.880. The van der Waals surface area contributed by atoms with Crippen LogP contribution in [0.15, 0.2) is 18.2 Å². The fourth-order valence-corrected chi connectivity index (χ4v) is 2.30. The van der Waals surface area contributed by atoms with Crippen molar-refractivity contribution in [2.45, 2.75) is 19.4 Å². The van der Waals surface area contributed by atoms with Gasteiger partial charge in [-0.1, -0.05) is 11.6 Å². The fourth-order valence-electron chi connectivity index (χ4n) is 2.14. The third kappa shape index (κ3) is 3.86. The summed E-state index contributed by atoms with van der Waals surface area (Å²) in [5, 5.41) is 11.9. The van der Waals surface area contributed by atoms with Crippen LogP contribution in [-0.2, 0) is 4.74 Å². The van der Waals surface area contributed by atoms with E-state index < -0.39 is 11.6 Å². The molecule has 114 valence electrons. The number of halogens is 1. The summed E-state index contributed by atoms with van der Waals surface area (Å²) < 4.78 is 5.54. The van der Waals surface area contributed by atoms with Gasteiger partial charge in [0.25, 0.3) is 0 Å². The number of rotatable bonds is 2. The molecule has 1 saturated heterocycles. The monoisotopic (exact) mass is 312 g/mol. The summed E-state index contributed by atoms with van der Waals surface area (Å²) in [5.74, 6) is -1.07. The zero-order valence-corrected chi connectivity index (χ0v) is 12.6. The van der Waals surface area contributed by atoms with E-state index in [4.69, 9.17) is 21.4 Å². The lowest BCUT2D eigenvalue weighted by atomic mass is 10.1. The number of nitrogens with zero attached hydrogens (tertiary/aromatic N) is 1. The molecule has 0 aromatic heterocycles. The molecular weight excluding hydrogens is 296 g/mol. The Morgan fingerprint density at radius 1 is 1.43 bits per heavy atom. The van der Waals surface area contributed by atoms with Crippen LogP contribution < -0.4 is 5.32 Å². The van der Waals surface area contributed by atoms with Gasteiger partial charge in [0.2, 0.25) is 0 Å². The fraction of sp³-hybridized carbons (Fsp3) is 0.429. The highest BCUT2D eigenvalue weighted by molar-refractivity contribution is 6.33. The minimum atomic E-state index is -1.07. The average Bonchev–Trinajstić information content (AvgIpc) is 2.39. The molecule has 1 fully saturated rings. The number of carbonyl (C=O) groups is 2. The smallest absolute Gasteiger partial charge is 0.335 e. The molecule has 0 spiro atoms. The first-order valence-corrected chi connectivity index (χ1v) is 6.89. The minimum Gasteiger partial charge on any atom is -0.478 e. The van der Waals surface area contributed by atoms with Crippen molar-refractivity contribution < 1.29 is 19.4 Å². The van der Waals surface area contributed by atoms with Crippen LogP contribution in [0.2, 0.25) is 5.02 Å². The molecule has 0 saturated carbocycles. The third-order valence-corrected chi connectivity index (χ3v) is 3.50. The van der Waals surface area contributed by atoms with Crippen LogP contribution >= 0.6 is 11.6 Å². The number of morpholine rings is 1. The van der Waals surface area contributed by atoms with Gasteiger partial charge in [0.05, 0.1) is 35.0 Å². The molecule has 1 aromatic rings. The Morgan fingerprint density at radius 3 is 2.76 bits per heavy atom. The summed E-state index contributed by atoms with van der Waals surface area (Å²) in [6, 6.07) is 3.85. The molecule has 2 N–H and O–H groups in total. The first kappa shape index (κ1) is 15.6. The first-order valence-electron chi connectivity index (χ1n) is 6.51. The number of benzene rings is 1. The van der Waals surface area contributed by atoms with Crippen LogP contribution in [0.25, 0.3) is 0 Å². The van der Waals surface area contributed by atoms with E-state index in [0.29, 0.717) is 24.7 Å². The zero-order valence-electron chi connectivity index (χ0n) is 11.9. The summed E-state index contributed by atoms with van der Waals surface area (Å²) in [6.45, 7) is 5.21. The van der Waals surface area contributed by atoms with Crippen molar-refractivity contribution in [3.05, 3.63) is 28.8 Å². The molecule has 1 aromatic carbocycles. The maximum atomic E-state index is 12.2.